The first-order valence-corrected chi connectivity index (χ1v) is 15.2. The van der Waals surface area contributed by atoms with E-state index in [9.17, 15) is 18.3 Å². The third-order valence-electron chi connectivity index (χ3n) is 8.91. The normalized spacial score (nSPS) is 22.1. The number of carbonyl (C=O) groups is 1. The minimum atomic E-state index is -3.41. The number of carbonyl (C=O) groups excluding carboxylic acids is 1. The fraction of sp³-hybridized carbons (Fsp3) is 0.571. The number of aliphatic hydroxyl groups excluding tert-OH is 1. The Balaban J connectivity index is 1.25. The fourth-order valence-electron chi connectivity index (χ4n) is 5.89. The quantitative estimate of drug-likeness (QED) is 0.470. The molecule has 0 atom stereocenters. The average Bonchev–Trinajstić information content (AvgIpc) is 3.79. The van der Waals surface area contributed by atoms with Crippen LogP contribution < -0.4 is 15.5 Å². The maximum Gasteiger partial charge on any atom is 0.259 e. The van der Waals surface area contributed by atoms with E-state index < -0.39 is 9.84 Å². The molecule has 37 heavy (non-hydrogen) atoms. The molecule has 6 rings (SSSR count). The smallest absolute Gasteiger partial charge is 0.259 e. The molecular formula is C28H36N4O4S. The zero-order valence-corrected chi connectivity index (χ0v) is 22.0. The molecule has 8 nitrogen and oxygen atoms in total. The number of benzene rings is 1. The van der Waals surface area contributed by atoms with Crippen molar-refractivity contribution in [3.63, 3.8) is 0 Å². The minimum Gasteiger partial charge on any atom is -0.394 e. The Morgan fingerprint density at radius 3 is 2.41 bits per heavy atom. The largest absolute Gasteiger partial charge is 0.394 e. The molecule has 2 heterocycles. The second-order valence-electron chi connectivity index (χ2n) is 11.6. The Morgan fingerprint density at radius 1 is 1.03 bits per heavy atom. The van der Waals surface area contributed by atoms with Gasteiger partial charge in [0.2, 0.25) is 0 Å². The number of amides is 1. The zero-order valence-electron chi connectivity index (χ0n) is 21.2. The van der Waals surface area contributed by atoms with E-state index in [1.54, 1.807) is 36.4 Å². The second kappa shape index (κ2) is 9.27. The lowest BCUT2D eigenvalue weighted by Gasteiger charge is -2.34. The summed E-state index contributed by atoms with van der Waals surface area (Å²) in [7, 11) is -3.41. The van der Waals surface area contributed by atoms with Crippen LogP contribution in [0.4, 0.5) is 17.3 Å². The molecule has 198 valence electrons. The number of hydrogen-bond donors (Lipinski definition) is 3. The van der Waals surface area contributed by atoms with Crippen LogP contribution in [0.2, 0.25) is 0 Å². The molecule has 1 aromatic carbocycles. The molecule has 1 amide bonds. The highest BCUT2D eigenvalue weighted by Gasteiger charge is 2.45. The van der Waals surface area contributed by atoms with Gasteiger partial charge in [-0.05, 0) is 87.1 Å². The van der Waals surface area contributed by atoms with Gasteiger partial charge in [-0.1, -0.05) is 18.9 Å². The van der Waals surface area contributed by atoms with Crippen LogP contribution in [-0.2, 0) is 9.84 Å². The Labute approximate surface area is 218 Å². The predicted octanol–water partition coefficient (Wildman–Crippen LogP) is 4.37. The summed E-state index contributed by atoms with van der Waals surface area (Å²) in [5.41, 5.74) is 1.12. The molecule has 3 saturated carbocycles. The Hall–Kier alpha value is -2.65. The van der Waals surface area contributed by atoms with Crippen LogP contribution in [0.15, 0.2) is 41.3 Å². The molecule has 1 aliphatic heterocycles. The van der Waals surface area contributed by atoms with Gasteiger partial charge in [-0.25, -0.2) is 13.4 Å². The van der Waals surface area contributed by atoms with Crippen LogP contribution in [0.5, 0.6) is 0 Å². The van der Waals surface area contributed by atoms with Crippen LogP contribution in [-0.4, -0.2) is 54.9 Å². The van der Waals surface area contributed by atoms with E-state index in [4.69, 9.17) is 4.98 Å². The van der Waals surface area contributed by atoms with Gasteiger partial charge in [0.1, 0.15) is 11.6 Å². The lowest BCUT2D eigenvalue weighted by molar-refractivity contribution is 0.102. The Bertz CT molecular complexity index is 1290. The van der Waals surface area contributed by atoms with Crippen LogP contribution in [0.25, 0.3) is 0 Å². The zero-order chi connectivity index (χ0) is 25.7. The van der Waals surface area contributed by atoms with Crippen LogP contribution in [0, 0.1) is 5.41 Å². The van der Waals surface area contributed by atoms with Crippen molar-refractivity contribution in [1.82, 2.24) is 4.98 Å². The van der Waals surface area contributed by atoms with Crippen molar-refractivity contribution in [1.29, 1.82) is 0 Å². The summed E-state index contributed by atoms with van der Waals surface area (Å²) in [4.78, 5) is 20.8. The number of aliphatic hydroxyl groups is 1. The Kier molecular flexibility index (Phi) is 6.18. The van der Waals surface area contributed by atoms with Crippen molar-refractivity contribution in [3.05, 3.63) is 42.0 Å². The molecule has 3 N–H and O–H groups in total. The molecule has 4 aliphatic rings. The van der Waals surface area contributed by atoms with Gasteiger partial charge in [-0.3, -0.25) is 4.79 Å². The highest BCUT2D eigenvalue weighted by Crippen LogP contribution is 2.54. The first-order chi connectivity index (χ1) is 17.8. The fourth-order valence-corrected chi connectivity index (χ4v) is 7.79. The van der Waals surface area contributed by atoms with E-state index in [1.165, 1.54) is 12.8 Å². The molecule has 1 aromatic heterocycles. The van der Waals surface area contributed by atoms with Gasteiger partial charge in [0.05, 0.1) is 27.9 Å². The number of aromatic nitrogens is 1. The predicted molar refractivity (Wildman–Crippen MR) is 144 cm³/mol. The lowest BCUT2D eigenvalue weighted by atomic mass is 9.93. The van der Waals surface area contributed by atoms with Gasteiger partial charge >= 0.3 is 0 Å². The van der Waals surface area contributed by atoms with E-state index in [-0.39, 0.29) is 28.2 Å². The van der Waals surface area contributed by atoms with Crippen molar-refractivity contribution in [3.8, 4) is 0 Å². The maximum absolute atomic E-state index is 13.5. The van der Waals surface area contributed by atoms with E-state index in [0.717, 1.165) is 51.6 Å². The molecular weight excluding hydrogens is 488 g/mol. The van der Waals surface area contributed by atoms with E-state index in [0.29, 0.717) is 41.1 Å². The molecule has 0 bridgehead atoms. The van der Waals surface area contributed by atoms with Crippen molar-refractivity contribution in [2.24, 2.45) is 5.41 Å². The molecule has 3 aliphatic carbocycles. The number of pyridine rings is 1. The summed E-state index contributed by atoms with van der Waals surface area (Å²) >= 11 is 0. The molecule has 9 heteroatoms. The Morgan fingerprint density at radius 2 is 1.76 bits per heavy atom. The van der Waals surface area contributed by atoms with Gasteiger partial charge in [0.25, 0.3) is 5.91 Å². The van der Waals surface area contributed by atoms with Crippen molar-refractivity contribution in [2.45, 2.75) is 79.9 Å². The summed E-state index contributed by atoms with van der Waals surface area (Å²) in [6.45, 7) is 1.77. The number of nitrogens with zero attached hydrogens (tertiary/aromatic N) is 2. The van der Waals surface area contributed by atoms with Gasteiger partial charge in [0, 0.05) is 18.8 Å². The third-order valence-corrected chi connectivity index (χ3v) is 11.2. The van der Waals surface area contributed by atoms with Gasteiger partial charge < -0.3 is 20.6 Å². The number of piperidine rings is 1. The van der Waals surface area contributed by atoms with Crippen LogP contribution in [0.3, 0.4) is 0 Å². The minimum absolute atomic E-state index is 0.0542. The number of anilines is 3. The molecule has 1 saturated heterocycles. The third kappa shape index (κ3) is 4.95. The topological polar surface area (TPSA) is 112 Å². The standard InChI is InChI=1S/C28H36N4O4S/c33-19-28(12-13-28)31-24-9-8-23(25(30-24)32-16-14-27(10-11-27)15-17-32)26(34)29-20-4-3-7-22(18-20)37(35,36)21-5-1-2-6-21/h3-4,7-9,18,21,33H,1-2,5-6,10-17,19H2,(H,29,34)(H,30,31). The second-order valence-corrected chi connectivity index (χ2v) is 13.8. The molecule has 1 spiro atoms. The van der Waals surface area contributed by atoms with Gasteiger partial charge in [0.15, 0.2) is 9.84 Å². The van der Waals surface area contributed by atoms with Crippen LogP contribution >= 0.6 is 0 Å². The van der Waals surface area contributed by atoms with E-state index in [2.05, 4.69) is 15.5 Å². The highest BCUT2D eigenvalue weighted by molar-refractivity contribution is 7.92. The summed E-state index contributed by atoms with van der Waals surface area (Å²) in [6.07, 6.45) is 9.88. The molecule has 2 aromatic rings. The maximum atomic E-state index is 13.5. The van der Waals surface area contributed by atoms with Crippen molar-refractivity contribution in [2.75, 3.05) is 35.2 Å². The van der Waals surface area contributed by atoms with Crippen molar-refractivity contribution < 1.29 is 18.3 Å². The van der Waals surface area contributed by atoms with E-state index in [1.807, 2.05) is 0 Å². The number of rotatable bonds is 8. The highest BCUT2D eigenvalue weighted by atomic mass is 32.2. The molecule has 4 fully saturated rings. The number of sulfone groups is 1. The van der Waals surface area contributed by atoms with Crippen LogP contribution in [0.1, 0.15) is 74.6 Å². The SMILES string of the molecule is O=C(Nc1cccc(S(=O)(=O)C2CCCC2)c1)c1ccc(NC2(CO)CC2)nc1N1CCC2(CC1)CC2. The number of nitrogens with one attached hydrogen (secondary N) is 2. The van der Waals surface area contributed by atoms with Gasteiger partial charge in [-0.15, -0.1) is 0 Å². The van der Waals surface area contributed by atoms with Gasteiger partial charge in [-0.2, -0.15) is 0 Å². The summed E-state index contributed by atoms with van der Waals surface area (Å²) in [5, 5.41) is 15.7. The van der Waals surface area contributed by atoms with E-state index >= 15 is 0 Å². The average molecular weight is 525 g/mol. The summed E-state index contributed by atoms with van der Waals surface area (Å²) < 4.78 is 26.2. The first kappa shape index (κ1) is 24.7. The number of hydrogen-bond acceptors (Lipinski definition) is 7. The first-order valence-electron chi connectivity index (χ1n) is 13.6. The molecule has 0 radical (unpaired) electrons. The summed E-state index contributed by atoms with van der Waals surface area (Å²) in [5.74, 6) is 0.996. The van der Waals surface area contributed by atoms with Crippen molar-refractivity contribution >= 4 is 33.1 Å². The molecule has 0 unspecified atom stereocenters. The summed E-state index contributed by atoms with van der Waals surface area (Å²) in [6, 6.07) is 10.2. The monoisotopic (exact) mass is 524 g/mol. The lowest BCUT2D eigenvalue weighted by Crippen LogP contribution is -2.36.